The average Bonchev–Trinajstić information content (AvgIpc) is 2.97. The van der Waals surface area contributed by atoms with Gasteiger partial charge in [0.05, 0.1) is 4.92 Å². The highest BCUT2D eigenvalue weighted by Crippen LogP contribution is 2.47. The lowest BCUT2D eigenvalue weighted by molar-refractivity contribution is -0.387. The Balaban J connectivity index is 2.28. The van der Waals surface area contributed by atoms with Crippen molar-refractivity contribution in [3.63, 3.8) is 0 Å². The minimum atomic E-state index is -0.784. The maximum Gasteiger partial charge on any atom is 0.305 e. The molecule has 0 amide bonds. The van der Waals surface area contributed by atoms with Gasteiger partial charge in [0.2, 0.25) is 5.82 Å². The Labute approximate surface area is 86.0 Å². The number of rotatable bonds is 3. The van der Waals surface area contributed by atoms with E-state index < -0.39 is 16.4 Å². The van der Waals surface area contributed by atoms with E-state index in [1.807, 2.05) is 0 Å². The van der Waals surface area contributed by atoms with E-state index in [4.69, 9.17) is 5.73 Å². The van der Waals surface area contributed by atoms with E-state index >= 15 is 0 Å². The molecule has 1 saturated carbocycles. The summed E-state index contributed by atoms with van der Waals surface area (Å²) in [6.45, 7) is 0.579. The molecule has 1 aliphatic rings. The van der Waals surface area contributed by atoms with Crippen molar-refractivity contribution in [1.29, 1.82) is 0 Å². The average molecular weight is 210 g/mol. The molecule has 0 aromatic heterocycles. The van der Waals surface area contributed by atoms with Gasteiger partial charge in [0, 0.05) is 6.07 Å². The summed E-state index contributed by atoms with van der Waals surface area (Å²) in [6.07, 6.45) is 0.944. The first-order chi connectivity index (χ1) is 7.13. The third-order valence-electron chi connectivity index (χ3n) is 2.82. The van der Waals surface area contributed by atoms with E-state index in [9.17, 15) is 14.5 Å². The van der Waals surface area contributed by atoms with Crippen LogP contribution in [0, 0.1) is 21.8 Å². The molecule has 4 nitrogen and oxygen atoms in total. The summed E-state index contributed by atoms with van der Waals surface area (Å²) in [4.78, 5) is 9.81. The molecular weight excluding hydrogens is 199 g/mol. The van der Waals surface area contributed by atoms with Gasteiger partial charge in [-0.2, -0.15) is 4.39 Å². The van der Waals surface area contributed by atoms with Crippen LogP contribution in [-0.4, -0.2) is 11.5 Å². The molecule has 1 aromatic carbocycles. The van der Waals surface area contributed by atoms with Crippen LogP contribution in [0.2, 0.25) is 0 Å². The Morgan fingerprint density at radius 3 is 2.87 bits per heavy atom. The zero-order chi connectivity index (χ0) is 11.0. The summed E-state index contributed by atoms with van der Waals surface area (Å²) in [7, 11) is 0. The van der Waals surface area contributed by atoms with Crippen LogP contribution in [0.3, 0.4) is 0 Å². The Kier molecular flexibility index (Phi) is 2.40. The molecule has 5 heteroatoms. The number of hydrogen-bond donors (Lipinski definition) is 1. The van der Waals surface area contributed by atoms with Gasteiger partial charge >= 0.3 is 5.69 Å². The van der Waals surface area contributed by atoms with Crippen molar-refractivity contribution in [2.45, 2.75) is 12.3 Å². The molecule has 2 rings (SSSR count). The summed E-state index contributed by atoms with van der Waals surface area (Å²) in [5.74, 6) is -0.113. The predicted molar refractivity (Wildman–Crippen MR) is 53.0 cm³/mol. The topological polar surface area (TPSA) is 69.2 Å². The number of nitrogens with zero attached hydrogens (tertiary/aromatic N) is 1. The van der Waals surface area contributed by atoms with Crippen molar-refractivity contribution in [3.8, 4) is 0 Å². The van der Waals surface area contributed by atoms with Crippen molar-refractivity contribution < 1.29 is 9.31 Å². The lowest BCUT2D eigenvalue weighted by Crippen LogP contribution is -2.02. The first kappa shape index (κ1) is 10.0. The van der Waals surface area contributed by atoms with Gasteiger partial charge in [-0.15, -0.1) is 0 Å². The standard InChI is InChI=1S/C10H11FN2O2/c11-9-2-1-6(4-10(9)13(14)15)8-3-7(8)5-12/h1-2,4,7-8H,3,5,12H2/t7-,8-/m0/s1. The zero-order valence-electron chi connectivity index (χ0n) is 8.02. The van der Waals surface area contributed by atoms with Gasteiger partial charge in [0.15, 0.2) is 0 Å². The number of nitro benzene ring substituents is 1. The minimum Gasteiger partial charge on any atom is -0.330 e. The molecular formula is C10H11FN2O2. The summed E-state index contributed by atoms with van der Waals surface area (Å²) in [5, 5.41) is 10.5. The quantitative estimate of drug-likeness (QED) is 0.610. The molecule has 0 spiro atoms. The van der Waals surface area contributed by atoms with Crippen LogP contribution < -0.4 is 5.73 Å². The SMILES string of the molecule is NC[C@@H]1C[C@H]1c1ccc(F)c([N+](=O)[O-])c1. The van der Waals surface area contributed by atoms with Gasteiger partial charge in [-0.3, -0.25) is 10.1 Å². The fourth-order valence-corrected chi connectivity index (χ4v) is 1.82. The molecule has 0 radical (unpaired) electrons. The van der Waals surface area contributed by atoms with Crippen molar-refractivity contribution >= 4 is 5.69 Å². The van der Waals surface area contributed by atoms with Crippen molar-refractivity contribution in [2.24, 2.45) is 11.7 Å². The van der Waals surface area contributed by atoms with Gasteiger partial charge in [0.1, 0.15) is 0 Å². The summed E-state index contributed by atoms with van der Waals surface area (Å²) in [5.41, 5.74) is 5.85. The van der Waals surface area contributed by atoms with Gasteiger partial charge < -0.3 is 5.73 Å². The van der Waals surface area contributed by atoms with Crippen molar-refractivity contribution in [1.82, 2.24) is 0 Å². The van der Waals surface area contributed by atoms with Crippen molar-refractivity contribution in [3.05, 3.63) is 39.7 Å². The summed E-state index contributed by atoms with van der Waals surface area (Å²) >= 11 is 0. The molecule has 0 saturated heterocycles. The lowest BCUT2D eigenvalue weighted by Gasteiger charge is -2.00. The highest BCUT2D eigenvalue weighted by atomic mass is 19.1. The maximum absolute atomic E-state index is 13.0. The largest absolute Gasteiger partial charge is 0.330 e. The first-order valence-corrected chi connectivity index (χ1v) is 4.77. The fraction of sp³-hybridized carbons (Fsp3) is 0.400. The molecule has 2 N–H and O–H groups in total. The number of benzene rings is 1. The van der Waals surface area contributed by atoms with E-state index in [2.05, 4.69) is 0 Å². The molecule has 0 unspecified atom stereocenters. The first-order valence-electron chi connectivity index (χ1n) is 4.77. The van der Waals surface area contributed by atoms with Crippen LogP contribution in [0.4, 0.5) is 10.1 Å². The summed E-state index contributed by atoms with van der Waals surface area (Å²) in [6, 6.07) is 4.07. The van der Waals surface area contributed by atoms with E-state index in [0.29, 0.717) is 12.5 Å². The maximum atomic E-state index is 13.0. The molecule has 0 aliphatic heterocycles. The lowest BCUT2D eigenvalue weighted by atomic mass is 10.1. The van der Waals surface area contributed by atoms with E-state index in [1.165, 1.54) is 6.07 Å². The summed E-state index contributed by atoms with van der Waals surface area (Å²) < 4.78 is 13.0. The highest BCUT2D eigenvalue weighted by Gasteiger charge is 2.37. The molecule has 2 atom stereocenters. The normalized spacial score (nSPS) is 23.9. The third kappa shape index (κ3) is 1.83. The van der Waals surface area contributed by atoms with Crippen LogP contribution in [0.5, 0.6) is 0 Å². The Morgan fingerprint density at radius 2 is 2.33 bits per heavy atom. The van der Waals surface area contributed by atoms with Crippen LogP contribution in [-0.2, 0) is 0 Å². The van der Waals surface area contributed by atoms with E-state index in [-0.39, 0.29) is 5.92 Å². The second-order valence-electron chi connectivity index (χ2n) is 3.81. The van der Waals surface area contributed by atoms with Crippen molar-refractivity contribution in [2.75, 3.05) is 6.54 Å². The van der Waals surface area contributed by atoms with Gasteiger partial charge in [-0.05, 0) is 36.4 Å². The smallest absolute Gasteiger partial charge is 0.305 e. The predicted octanol–water partition coefficient (Wildman–Crippen LogP) is 1.80. The van der Waals surface area contributed by atoms with Gasteiger partial charge in [-0.25, -0.2) is 0 Å². The molecule has 1 aliphatic carbocycles. The monoisotopic (exact) mass is 210 g/mol. The Morgan fingerprint density at radius 1 is 1.60 bits per heavy atom. The zero-order valence-corrected chi connectivity index (χ0v) is 8.02. The molecule has 0 bridgehead atoms. The van der Waals surface area contributed by atoms with E-state index in [0.717, 1.165) is 18.1 Å². The van der Waals surface area contributed by atoms with Crippen LogP contribution in [0.15, 0.2) is 18.2 Å². The van der Waals surface area contributed by atoms with Crippen LogP contribution in [0.1, 0.15) is 17.9 Å². The fourth-order valence-electron chi connectivity index (χ4n) is 1.82. The number of nitrogens with two attached hydrogens (primary N) is 1. The van der Waals surface area contributed by atoms with Gasteiger partial charge in [-0.1, -0.05) is 6.07 Å². The number of hydrogen-bond acceptors (Lipinski definition) is 3. The van der Waals surface area contributed by atoms with Crippen LogP contribution >= 0.6 is 0 Å². The highest BCUT2D eigenvalue weighted by molar-refractivity contribution is 5.39. The third-order valence-corrected chi connectivity index (χ3v) is 2.82. The van der Waals surface area contributed by atoms with Crippen LogP contribution in [0.25, 0.3) is 0 Å². The minimum absolute atomic E-state index is 0.272. The molecule has 15 heavy (non-hydrogen) atoms. The van der Waals surface area contributed by atoms with Gasteiger partial charge in [0.25, 0.3) is 0 Å². The van der Waals surface area contributed by atoms with E-state index in [1.54, 1.807) is 6.07 Å². The number of nitro groups is 1. The Hall–Kier alpha value is -1.49. The second-order valence-corrected chi connectivity index (χ2v) is 3.81. The molecule has 80 valence electrons. The molecule has 0 heterocycles. The Bertz CT molecular complexity index is 408. The second kappa shape index (κ2) is 3.58. The molecule has 1 aromatic rings. The number of halogens is 1. The molecule has 1 fully saturated rings.